The van der Waals surface area contributed by atoms with Crippen LogP contribution in [-0.4, -0.2) is 58.7 Å². The number of ether oxygens (including phenoxy) is 1. The number of amides is 2. The molecule has 9 heteroatoms. The first-order valence-electron chi connectivity index (χ1n) is 7.95. The van der Waals surface area contributed by atoms with E-state index in [1.807, 2.05) is 6.07 Å². The molecule has 0 radical (unpaired) electrons. The van der Waals surface area contributed by atoms with Crippen LogP contribution in [0.1, 0.15) is 11.6 Å². The van der Waals surface area contributed by atoms with Gasteiger partial charge in [0.15, 0.2) is 0 Å². The number of fused-ring (bicyclic) bond motifs is 1. The number of carboxylic acid groups (broad SMARTS) is 1. The Balaban J connectivity index is 1.73. The minimum atomic E-state index is -1.18. The van der Waals surface area contributed by atoms with Crippen molar-refractivity contribution < 1.29 is 24.2 Å². The van der Waals surface area contributed by atoms with E-state index < -0.39 is 35.2 Å². The number of aliphatic carboxylic acids is 1. The molecule has 3 rings (SSSR count). The van der Waals surface area contributed by atoms with E-state index in [2.05, 4.69) is 5.32 Å². The summed E-state index contributed by atoms with van der Waals surface area (Å²) in [6.07, 6.45) is 0. The second-order valence-electron chi connectivity index (χ2n) is 5.97. The van der Waals surface area contributed by atoms with Crippen LogP contribution in [0.15, 0.2) is 41.6 Å². The number of nitrogens with two attached hydrogens (primary N) is 1. The van der Waals surface area contributed by atoms with Gasteiger partial charge in [-0.15, -0.1) is 11.8 Å². The van der Waals surface area contributed by atoms with E-state index in [0.29, 0.717) is 16.9 Å². The molecule has 0 aromatic heterocycles. The Morgan fingerprint density at radius 3 is 2.73 bits per heavy atom. The first-order chi connectivity index (χ1) is 12.5. The van der Waals surface area contributed by atoms with Crippen LogP contribution in [0.25, 0.3) is 0 Å². The van der Waals surface area contributed by atoms with Crippen molar-refractivity contribution in [3.63, 3.8) is 0 Å². The van der Waals surface area contributed by atoms with Gasteiger partial charge in [0.1, 0.15) is 23.2 Å². The Kier molecular flexibility index (Phi) is 5.30. The van der Waals surface area contributed by atoms with Crippen LogP contribution >= 0.6 is 11.8 Å². The number of nitrogens with zero attached hydrogens (tertiary/aromatic N) is 1. The van der Waals surface area contributed by atoms with E-state index in [-0.39, 0.29) is 12.3 Å². The van der Waals surface area contributed by atoms with Gasteiger partial charge >= 0.3 is 5.97 Å². The third kappa shape index (κ3) is 3.20. The molecule has 4 N–H and O–H groups in total. The molecule has 3 atom stereocenters. The number of thioether (sulfide) groups is 1. The minimum absolute atomic E-state index is 0.0570. The monoisotopic (exact) mass is 377 g/mol. The van der Waals surface area contributed by atoms with E-state index in [0.717, 1.165) is 0 Å². The number of rotatable bonds is 6. The number of carbonyl (C=O) groups excluding carboxylic acids is 2. The number of β-lactam (4-membered cyclic amide) rings is 1. The van der Waals surface area contributed by atoms with Crippen LogP contribution in [0.2, 0.25) is 0 Å². The molecule has 2 aliphatic heterocycles. The predicted molar refractivity (Wildman–Crippen MR) is 94.9 cm³/mol. The lowest BCUT2D eigenvalue weighted by atomic mass is 10.0. The third-order valence-electron chi connectivity index (χ3n) is 4.31. The molecule has 0 spiro atoms. The lowest BCUT2D eigenvalue weighted by molar-refractivity contribution is -0.151. The standard InChI is InChI=1S/C17H19N3O5S/c1-25-7-10-8-26-16-12(15(22)20(16)13(10)17(23)24)19-14(21)11(18)9-5-3-2-4-6-9/h2-6,11-12,16H,7-8,18H2,1H3,(H,19,21)(H,23,24)/t11?,12-,16+/m1/s1. The molecule has 0 aliphatic carbocycles. The summed E-state index contributed by atoms with van der Waals surface area (Å²) in [5.41, 5.74) is 7.07. The second kappa shape index (κ2) is 7.48. The van der Waals surface area contributed by atoms with Crippen molar-refractivity contribution in [3.05, 3.63) is 47.2 Å². The van der Waals surface area contributed by atoms with E-state index in [4.69, 9.17) is 10.5 Å². The molecule has 2 amide bonds. The number of hydrogen-bond donors (Lipinski definition) is 3. The number of benzene rings is 1. The summed E-state index contributed by atoms with van der Waals surface area (Å²) in [6, 6.07) is 7.14. The normalized spacial score (nSPS) is 23.2. The van der Waals surface area contributed by atoms with Gasteiger partial charge in [-0.05, 0) is 11.1 Å². The summed E-state index contributed by atoms with van der Waals surface area (Å²) in [6.45, 7) is 0.140. The Bertz CT molecular complexity index is 767. The number of hydrogen-bond acceptors (Lipinski definition) is 6. The smallest absolute Gasteiger partial charge is 0.352 e. The lowest BCUT2D eigenvalue weighted by Gasteiger charge is -2.49. The molecule has 2 heterocycles. The molecule has 1 aromatic rings. The van der Waals surface area contributed by atoms with Crippen molar-refractivity contribution >= 4 is 29.5 Å². The van der Waals surface area contributed by atoms with Gasteiger partial charge in [0.25, 0.3) is 5.91 Å². The molecule has 0 bridgehead atoms. The van der Waals surface area contributed by atoms with Crippen molar-refractivity contribution in [1.82, 2.24) is 10.2 Å². The summed E-state index contributed by atoms with van der Waals surface area (Å²) in [5, 5.41) is 11.6. The maximum absolute atomic E-state index is 12.5. The number of carbonyl (C=O) groups is 3. The Morgan fingerprint density at radius 1 is 1.42 bits per heavy atom. The van der Waals surface area contributed by atoms with Gasteiger partial charge in [0.2, 0.25) is 5.91 Å². The van der Waals surface area contributed by atoms with Crippen LogP contribution in [0, 0.1) is 0 Å². The Morgan fingerprint density at radius 2 is 2.12 bits per heavy atom. The fraction of sp³-hybridized carbons (Fsp3) is 0.353. The number of carboxylic acids is 1. The number of methoxy groups -OCH3 is 1. The Labute approximate surface area is 154 Å². The van der Waals surface area contributed by atoms with Gasteiger partial charge in [-0.1, -0.05) is 30.3 Å². The van der Waals surface area contributed by atoms with Crippen LogP contribution in [0.4, 0.5) is 0 Å². The molecule has 138 valence electrons. The van der Waals surface area contributed by atoms with E-state index in [1.165, 1.54) is 23.8 Å². The van der Waals surface area contributed by atoms with Crippen molar-refractivity contribution in [2.45, 2.75) is 17.5 Å². The Hall–Kier alpha value is -2.36. The molecule has 1 fully saturated rings. The first kappa shape index (κ1) is 18.4. The zero-order valence-corrected chi connectivity index (χ0v) is 14.9. The number of nitrogens with one attached hydrogen (secondary N) is 1. The highest BCUT2D eigenvalue weighted by atomic mass is 32.2. The summed E-state index contributed by atoms with van der Waals surface area (Å²) in [7, 11) is 1.47. The predicted octanol–water partition coefficient (Wildman–Crippen LogP) is 0.0714. The SMILES string of the molecule is COCC1=C(C(=O)O)N2C(=O)[C@@H](NC(=O)C(N)c3ccccc3)[C@@H]2SC1. The molecule has 2 aliphatic rings. The van der Waals surface area contributed by atoms with E-state index in [9.17, 15) is 19.5 Å². The van der Waals surface area contributed by atoms with Gasteiger partial charge in [0, 0.05) is 12.9 Å². The minimum Gasteiger partial charge on any atom is -0.477 e. The average Bonchev–Trinajstić information content (AvgIpc) is 2.65. The fourth-order valence-corrected chi connectivity index (χ4v) is 4.35. The van der Waals surface area contributed by atoms with Crippen molar-refractivity contribution in [2.75, 3.05) is 19.5 Å². The van der Waals surface area contributed by atoms with Crippen LogP contribution in [0.5, 0.6) is 0 Å². The average molecular weight is 377 g/mol. The molecule has 1 aromatic carbocycles. The van der Waals surface area contributed by atoms with Gasteiger partial charge in [-0.25, -0.2) is 4.79 Å². The van der Waals surface area contributed by atoms with Crippen molar-refractivity contribution in [3.8, 4) is 0 Å². The van der Waals surface area contributed by atoms with Crippen molar-refractivity contribution in [1.29, 1.82) is 0 Å². The van der Waals surface area contributed by atoms with Gasteiger partial charge in [-0.3, -0.25) is 14.5 Å². The van der Waals surface area contributed by atoms with E-state index >= 15 is 0 Å². The maximum Gasteiger partial charge on any atom is 0.352 e. The molecule has 8 nitrogen and oxygen atoms in total. The van der Waals surface area contributed by atoms with Gasteiger partial charge in [-0.2, -0.15) is 0 Å². The van der Waals surface area contributed by atoms with E-state index in [1.54, 1.807) is 24.3 Å². The topological polar surface area (TPSA) is 122 Å². The molecular formula is C17H19N3O5S. The lowest BCUT2D eigenvalue weighted by Crippen LogP contribution is -2.71. The summed E-state index contributed by atoms with van der Waals surface area (Å²) in [5.74, 6) is -1.69. The zero-order valence-electron chi connectivity index (χ0n) is 14.0. The fourth-order valence-electron chi connectivity index (χ4n) is 3.02. The van der Waals surface area contributed by atoms with Crippen LogP contribution in [0.3, 0.4) is 0 Å². The summed E-state index contributed by atoms with van der Waals surface area (Å²) in [4.78, 5) is 37.6. The molecular weight excluding hydrogens is 358 g/mol. The zero-order chi connectivity index (χ0) is 18.8. The highest BCUT2D eigenvalue weighted by molar-refractivity contribution is 8.00. The maximum atomic E-state index is 12.5. The summed E-state index contributed by atoms with van der Waals surface area (Å²) >= 11 is 1.39. The quantitative estimate of drug-likeness (QED) is 0.600. The van der Waals surface area contributed by atoms with Gasteiger partial charge < -0.3 is 20.9 Å². The summed E-state index contributed by atoms with van der Waals surface area (Å²) < 4.78 is 5.02. The largest absolute Gasteiger partial charge is 0.477 e. The van der Waals surface area contributed by atoms with Crippen LogP contribution in [-0.2, 0) is 19.1 Å². The molecule has 1 unspecified atom stereocenters. The first-order valence-corrected chi connectivity index (χ1v) is 9.00. The van der Waals surface area contributed by atoms with Gasteiger partial charge in [0.05, 0.1) is 6.61 Å². The van der Waals surface area contributed by atoms with Crippen molar-refractivity contribution in [2.24, 2.45) is 5.73 Å². The molecule has 26 heavy (non-hydrogen) atoms. The van der Waals surface area contributed by atoms with Crippen LogP contribution < -0.4 is 11.1 Å². The highest BCUT2D eigenvalue weighted by Crippen LogP contribution is 2.40. The highest BCUT2D eigenvalue weighted by Gasteiger charge is 2.54. The second-order valence-corrected chi connectivity index (χ2v) is 7.08. The molecule has 1 saturated heterocycles. The third-order valence-corrected chi connectivity index (χ3v) is 5.65. The molecule has 0 saturated carbocycles.